The van der Waals surface area contributed by atoms with Gasteiger partial charge in [0.1, 0.15) is 24.6 Å². The van der Waals surface area contributed by atoms with Gasteiger partial charge in [-0.25, -0.2) is 4.39 Å². The van der Waals surface area contributed by atoms with Crippen molar-refractivity contribution in [3.05, 3.63) is 29.8 Å². The lowest BCUT2D eigenvalue weighted by atomic mass is 9.80. The number of amides is 1. The topological polar surface area (TPSA) is 50.8 Å². The summed E-state index contributed by atoms with van der Waals surface area (Å²) in [5.74, 6) is 0.717. The molecule has 3 rings (SSSR count). The predicted octanol–water partition coefficient (Wildman–Crippen LogP) is 2.08. The summed E-state index contributed by atoms with van der Waals surface area (Å²) < 4.78 is 23.8. The molecule has 2 aliphatic rings. The number of carbonyl (C=O) groups is 1. The first kappa shape index (κ1) is 17.2. The zero-order chi connectivity index (χ0) is 17.0. The van der Waals surface area contributed by atoms with Crippen molar-refractivity contribution in [3.8, 4) is 5.75 Å². The number of rotatable bonds is 5. The fourth-order valence-corrected chi connectivity index (χ4v) is 3.72. The number of likely N-dealkylation sites (tertiary alicyclic amines) is 1. The van der Waals surface area contributed by atoms with Crippen LogP contribution < -0.4 is 10.1 Å². The molecule has 0 saturated carbocycles. The Morgan fingerprint density at radius 2 is 2.17 bits per heavy atom. The van der Waals surface area contributed by atoms with Crippen LogP contribution in [-0.2, 0) is 9.53 Å². The van der Waals surface area contributed by atoms with E-state index in [9.17, 15) is 9.18 Å². The standard InChI is InChI=1S/C18H25FN2O3/c1-23-13-17(22)20-15-12-18(6-9-21(10-7-18)11-8-19)24-16-5-3-2-4-14(15)16/h2-5,15H,6-13H2,1H3,(H,20,22). The molecule has 0 radical (unpaired) electrons. The van der Waals surface area contributed by atoms with Gasteiger partial charge in [-0.05, 0) is 18.9 Å². The van der Waals surface area contributed by atoms with Crippen molar-refractivity contribution in [2.24, 2.45) is 0 Å². The molecule has 5 nitrogen and oxygen atoms in total. The number of hydrogen-bond donors (Lipinski definition) is 1. The average molecular weight is 336 g/mol. The second kappa shape index (κ2) is 7.49. The van der Waals surface area contributed by atoms with Crippen LogP contribution in [0.3, 0.4) is 0 Å². The van der Waals surface area contributed by atoms with Crippen LogP contribution >= 0.6 is 0 Å². The molecule has 1 unspecified atom stereocenters. The van der Waals surface area contributed by atoms with E-state index < -0.39 is 0 Å². The summed E-state index contributed by atoms with van der Waals surface area (Å²) in [7, 11) is 1.51. The molecule has 1 fully saturated rings. The third-order valence-corrected chi connectivity index (χ3v) is 4.98. The van der Waals surface area contributed by atoms with Gasteiger partial charge in [0.25, 0.3) is 0 Å². The Balaban J connectivity index is 1.76. The molecule has 24 heavy (non-hydrogen) atoms. The number of hydrogen-bond acceptors (Lipinski definition) is 4. The van der Waals surface area contributed by atoms with Gasteiger partial charge in [-0.1, -0.05) is 18.2 Å². The highest BCUT2D eigenvalue weighted by atomic mass is 19.1. The molecule has 1 N–H and O–H groups in total. The molecular formula is C18H25FN2O3. The minimum absolute atomic E-state index is 0.0524. The smallest absolute Gasteiger partial charge is 0.246 e. The number of fused-ring (bicyclic) bond motifs is 1. The highest BCUT2D eigenvalue weighted by molar-refractivity contribution is 5.77. The van der Waals surface area contributed by atoms with E-state index in [1.807, 2.05) is 24.3 Å². The molecule has 2 heterocycles. The van der Waals surface area contributed by atoms with Gasteiger partial charge in [-0.2, -0.15) is 0 Å². The van der Waals surface area contributed by atoms with E-state index in [-0.39, 0.29) is 30.8 Å². The van der Waals surface area contributed by atoms with Crippen molar-refractivity contribution < 1.29 is 18.7 Å². The number of ether oxygens (including phenoxy) is 2. The van der Waals surface area contributed by atoms with E-state index >= 15 is 0 Å². The Bertz CT molecular complexity index is 573. The third-order valence-electron chi connectivity index (χ3n) is 4.98. The van der Waals surface area contributed by atoms with Crippen LogP contribution in [0.5, 0.6) is 5.75 Å². The first-order valence-electron chi connectivity index (χ1n) is 8.50. The van der Waals surface area contributed by atoms with Gasteiger partial charge in [-0.15, -0.1) is 0 Å². The number of piperidine rings is 1. The number of halogens is 1. The second-order valence-corrected chi connectivity index (χ2v) is 6.61. The molecule has 1 amide bonds. The number of benzene rings is 1. The van der Waals surface area contributed by atoms with Gasteiger partial charge in [0, 0.05) is 38.7 Å². The highest BCUT2D eigenvalue weighted by Gasteiger charge is 2.43. The number of nitrogens with one attached hydrogen (secondary N) is 1. The Morgan fingerprint density at radius 3 is 2.88 bits per heavy atom. The summed E-state index contributed by atoms with van der Waals surface area (Å²) in [4.78, 5) is 14.1. The highest BCUT2D eigenvalue weighted by Crippen LogP contribution is 2.44. The van der Waals surface area contributed by atoms with Crippen LogP contribution in [0.2, 0.25) is 0 Å². The Kier molecular flexibility index (Phi) is 5.36. The maximum Gasteiger partial charge on any atom is 0.246 e. The van der Waals surface area contributed by atoms with E-state index in [1.54, 1.807) is 0 Å². The minimum Gasteiger partial charge on any atom is -0.487 e. The quantitative estimate of drug-likeness (QED) is 0.894. The SMILES string of the molecule is COCC(=O)NC1CC2(CCN(CCF)CC2)Oc2ccccc21. The summed E-state index contributed by atoms with van der Waals surface area (Å²) >= 11 is 0. The lowest BCUT2D eigenvalue weighted by Crippen LogP contribution is -2.52. The van der Waals surface area contributed by atoms with Gasteiger partial charge in [-0.3, -0.25) is 4.79 Å². The number of para-hydroxylation sites is 1. The van der Waals surface area contributed by atoms with E-state index in [2.05, 4.69) is 10.2 Å². The first-order chi connectivity index (χ1) is 11.7. The molecule has 1 saturated heterocycles. The molecule has 0 aromatic heterocycles. The predicted molar refractivity (Wildman–Crippen MR) is 88.8 cm³/mol. The van der Waals surface area contributed by atoms with Crippen LogP contribution in [0.1, 0.15) is 30.9 Å². The average Bonchev–Trinajstić information content (AvgIpc) is 2.58. The van der Waals surface area contributed by atoms with E-state index in [0.717, 1.165) is 43.7 Å². The second-order valence-electron chi connectivity index (χ2n) is 6.61. The number of alkyl halides is 1. The van der Waals surface area contributed by atoms with Crippen LogP contribution in [0.25, 0.3) is 0 Å². The van der Waals surface area contributed by atoms with Gasteiger partial charge in [0.2, 0.25) is 5.91 Å². The van der Waals surface area contributed by atoms with Crippen LogP contribution in [0.4, 0.5) is 4.39 Å². The Labute approximate surface area is 142 Å². The number of carbonyl (C=O) groups excluding carboxylic acids is 1. The van der Waals surface area contributed by atoms with E-state index in [1.165, 1.54) is 7.11 Å². The van der Waals surface area contributed by atoms with Crippen LogP contribution in [0.15, 0.2) is 24.3 Å². The maximum atomic E-state index is 12.6. The largest absolute Gasteiger partial charge is 0.487 e. The minimum atomic E-state index is -0.313. The summed E-state index contributed by atoms with van der Waals surface area (Å²) in [6, 6.07) is 7.78. The number of methoxy groups -OCH3 is 1. The van der Waals surface area contributed by atoms with Gasteiger partial charge in [0.05, 0.1) is 6.04 Å². The van der Waals surface area contributed by atoms with Crippen molar-refractivity contribution >= 4 is 5.91 Å². The van der Waals surface area contributed by atoms with Gasteiger partial charge >= 0.3 is 0 Å². The van der Waals surface area contributed by atoms with E-state index in [0.29, 0.717) is 6.54 Å². The molecular weight excluding hydrogens is 311 g/mol. The molecule has 132 valence electrons. The molecule has 6 heteroatoms. The normalized spacial score (nSPS) is 22.7. The first-order valence-corrected chi connectivity index (χ1v) is 8.50. The Hall–Kier alpha value is -1.66. The summed E-state index contributed by atoms with van der Waals surface area (Å²) in [6.45, 7) is 1.87. The molecule has 1 atom stereocenters. The zero-order valence-corrected chi connectivity index (χ0v) is 14.1. The zero-order valence-electron chi connectivity index (χ0n) is 14.1. The summed E-state index contributed by atoms with van der Waals surface area (Å²) in [6.07, 6.45) is 2.43. The maximum absolute atomic E-state index is 12.6. The van der Waals surface area contributed by atoms with Crippen LogP contribution in [0, 0.1) is 0 Å². The molecule has 1 spiro atoms. The molecule has 1 aromatic carbocycles. The summed E-state index contributed by atoms with van der Waals surface area (Å²) in [5, 5.41) is 3.07. The lowest BCUT2D eigenvalue weighted by Gasteiger charge is -2.47. The Morgan fingerprint density at radius 1 is 1.42 bits per heavy atom. The van der Waals surface area contributed by atoms with Crippen molar-refractivity contribution in [2.75, 3.05) is 40.0 Å². The van der Waals surface area contributed by atoms with Crippen molar-refractivity contribution in [3.63, 3.8) is 0 Å². The lowest BCUT2D eigenvalue weighted by molar-refractivity contribution is -0.126. The number of nitrogens with zero attached hydrogens (tertiary/aromatic N) is 1. The molecule has 0 bridgehead atoms. The fourth-order valence-electron chi connectivity index (χ4n) is 3.72. The van der Waals surface area contributed by atoms with Gasteiger partial charge < -0.3 is 19.7 Å². The van der Waals surface area contributed by atoms with Crippen LogP contribution in [-0.4, -0.2) is 56.4 Å². The fraction of sp³-hybridized carbons (Fsp3) is 0.611. The van der Waals surface area contributed by atoms with E-state index in [4.69, 9.17) is 9.47 Å². The molecule has 0 aliphatic carbocycles. The van der Waals surface area contributed by atoms with Crippen molar-refractivity contribution in [1.29, 1.82) is 0 Å². The van der Waals surface area contributed by atoms with Gasteiger partial charge in [0.15, 0.2) is 0 Å². The molecule has 2 aliphatic heterocycles. The monoisotopic (exact) mass is 336 g/mol. The van der Waals surface area contributed by atoms with Crippen molar-refractivity contribution in [1.82, 2.24) is 10.2 Å². The summed E-state index contributed by atoms with van der Waals surface area (Å²) in [5.41, 5.74) is 0.727. The third kappa shape index (κ3) is 3.70. The van der Waals surface area contributed by atoms with Crippen molar-refractivity contribution in [2.45, 2.75) is 30.9 Å². The molecule has 1 aromatic rings.